The number of methoxy groups -OCH3 is 2. The smallest absolute Gasteiger partial charge is 0.221 e. The Kier molecular flexibility index (Phi) is 6.95. The molecule has 0 radical (unpaired) electrons. The Bertz CT molecular complexity index is 846. The minimum absolute atomic E-state index is 0.149. The van der Waals surface area contributed by atoms with Gasteiger partial charge in [-0.2, -0.15) is 0 Å². The SMILES string of the molecule is COc1cc2c(cc1OC)[C@@H](c1cccs1)N(CCC(=O)NC1CCCCC1)CC2. The van der Waals surface area contributed by atoms with E-state index in [2.05, 4.69) is 39.9 Å². The number of rotatable bonds is 7. The van der Waals surface area contributed by atoms with E-state index in [0.29, 0.717) is 12.5 Å². The average molecular weight is 429 g/mol. The first-order valence-corrected chi connectivity index (χ1v) is 11.9. The molecule has 162 valence electrons. The van der Waals surface area contributed by atoms with Gasteiger partial charge in [0, 0.05) is 30.4 Å². The van der Waals surface area contributed by atoms with E-state index in [4.69, 9.17) is 9.47 Å². The van der Waals surface area contributed by atoms with Crippen LogP contribution in [0.15, 0.2) is 29.6 Å². The van der Waals surface area contributed by atoms with Crippen LogP contribution in [0.5, 0.6) is 11.5 Å². The normalized spacial score (nSPS) is 19.9. The summed E-state index contributed by atoms with van der Waals surface area (Å²) in [5.74, 6) is 1.72. The number of carbonyl (C=O) groups excluding carboxylic acids is 1. The van der Waals surface area contributed by atoms with Gasteiger partial charge in [0.05, 0.1) is 20.3 Å². The zero-order valence-corrected chi connectivity index (χ0v) is 18.8. The van der Waals surface area contributed by atoms with Crippen LogP contribution in [0.25, 0.3) is 0 Å². The van der Waals surface area contributed by atoms with Crippen molar-refractivity contribution in [3.8, 4) is 11.5 Å². The predicted octanol–water partition coefficient (Wildman–Crippen LogP) is 4.55. The molecule has 2 aliphatic rings. The first kappa shape index (κ1) is 21.2. The van der Waals surface area contributed by atoms with Gasteiger partial charge >= 0.3 is 0 Å². The van der Waals surface area contributed by atoms with E-state index in [-0.39, 0.29) is 11.9 Å². The molecule has 6 heteroatoms. The first-order chi connectivity index (χ1) is 14.7. The zero-order valence-electron chi connectivity index (χ0n) is 18.0. The molecule has 2 heterocycles. The second-order valence-corrected chi connectivity index (χ2v) is 9.24. The van der Waals surface area contributed by atoms with Gasteiger partial charge in [0.1, 0.15) is 0 Å². The maximum absolute atomic E-state index is 12.6. The number of ether oxygens (including phenoxy) is 2. The summed E-state index contributed by atoms with van der Waals surface area (Å²) in [6, 6.07) is 9.04. The van der Waals surface area contributed by atoms with Gasteiger partial charge < -0.3 is 14.8 Å². The van der Waals surface area contributed by atoms with Crippen LogP contribution in [-0.4, -0.2) is 44.2 Å². The number of thiophene rings is 1. The van der Waals surface area contributed by atoms with Gasteiger partial charge in [-0.3, -0.25) is 9.69 Å². The summed E-state index contributed by atoms with van der Waals surface area (Å²) in [5, 5.41) is 5.38. The molecule has 0 bridgehead atoms. The molecule has 0 saturated heterocycles. The second kappa shape index (κ2) is 9.84. The van der Waals surface area contributed by atoms with Crippen LogP contribution in [0.2, 0.25) is 0 Å². The van der Waals surface area contributed by atoms with Crippen LogP contribution in [0.3, 0.4) is 0 Å². The molecule has 1 amide bonds. The number of hydrogen-bond acceptors (Lipinski definition) is 5. The number of hydrogen-bond donors (Lipinski definition) is 1. The van der Waals surface area contributed by atoms with E-state index in [1.54, 1.807) is 25.6 Å². The highest BCUT2D eigenvalue weighted by Crippen LogP contribution is 2.42. The number of carbonyl (C=O) groups is 1. The molecule has 0 spiro atoms. The highest BCUT2D eigenvalue weighted by Gasteiger charge is 2.31. The van der Waals surface area contributed by atoms with Crippen molar-refractivity contribution in [2.75, 3.05) is 27.3 Å². The fraction of sp³-hybridized carbons (Fsp3) is 0.542. The van der Waals surface area contributed by atoms with Crippen molar-refractivity contribution < 1.29 is 14.3 Å². The van der Waals surface area contributed by atoms with E-state index in [1.165, 1.54) is 35.3 Å². The van der Waals surface area contributed by atoms with Gasteiger partial charge in [-0.15, -0.1) is 11.3 Å². The van der Waals surface area contributed by atoms with E-state index in [1.807, 2.05) is 0 Å². The van der Waals surface area contributed by atoms with Gasteiger partial charge in [0.2, 0.25) is 5.91 Å². The minimum atomic E-state index is 0.149. The molecule has 5 nitrogen and oxygen atoms in total. The van der Waals surface area contributed by atoms with Crippen molar-refractivity contribution in [1.29, 1.82) is 0 Å². The lowest BCUT2D eigenvalue weighted by atomic mass is 9.90. The Hall–Kier alpha value is -2.05. The topological polar surface area (TPSA) is 50.8 Å². The molecule has 0 unspecified atom stereocenters. The van der Waals surface area contributed by atoms with Crippen molar-refractivity contribution in [2.24, 2.45) is 0 Å². The average Bonchev–Trinajstić information content (AvgIpc) is 3.31. The summed E-state index contributed by atoms with van der Waals surface area (Å²) in [6.45, 7) is 1.69. The van der Waals surface area contributed by atoms with Crippen LogP contribution in [0, 0.1) is 0 Å². The Labute approximate surface area is 183 Å². The number of nitrogens with zero attached hydrogens (tertiary/aromatic N) is 1. The lowest BCUT2D eigenvalue weighted by Gasteiger charge is -2.37. The molecule has 1 fully saturated rings. The fourth-order valence-corrected chi connectivity index (χ4v) is 5.69. The zero-order chi connectivity index (χ0) is 20.9. The summed E-state index contributed by atoms with van der Waals surface area (Å²) in [4.78, 5) is 16.4. The van der Waals surface area contributed by atoms with Crippen molar-refractivity contribution in [1.82, 2.24) is 10.2 Å². The maximum Gasteiger partial charge on any atom is 0.221 e. The van der Waals surface area contributed by atoms with Gasteiger partial charge in [-0.05, 0) is 54.0 Å². The summed E-state index contributed by atoms with van der Waals surface area (Å²) in [5.41, 5.74) is 2.56. The molecule has 4 rings (SSSR count). The molecular formula is C24H32N2O3S. The predicted molar refractivity (Wildman–Crippen MR) is 121 cm³/mol. The Morgan fingerprint density at radius 1 is 1.17 bits per heavy atom. The third-order valence-electron chi connectivity index (χ3n) is 6.38. The van der Waals surface area contributed by atoms with E-state index >= 15 is 0 Å². The molecule has 2 aromatic rings. The highest BCUT2D eigenvalue weighted by molar-refractivity contribution is 7.10. The second-order valence-electron chi connectivity index (χ2n) is 8.26. The Balaban J connectivity index is 1.51. The van der Waals surface area contributed by atoms with E-state index in [0.717, 1.165) is 43.9 Å². The minimum Gasteiger partial charge on any atom is -0.493 e. The molecule has 1 saturated carbocycles. The van der Waals surface area contributed by atoms with Gasteiger partial charge in [-0.1, -0.05) is 25.3 Å². The Morgan fingerprint density at radius 3 is 2.63 bits per heavy atom. The van der Waals surface area contributed by atoms with Crippen LogP contribution in [0.1, 0.15) is 60.6 Å². The molecule has 1 atom stereocenters. The van der Waals surface area contributed by atoms with E-state index in [9.17, 15) is 4.79 Å². The van der Waals surface area contributed by atoms with Crippen LogP contribution in [-0.2, 0) is 11.2 Å². The standard InChI is InChI=1S/C24H32N2O3S/c1-28-20-15-17-10-12-26(13-11-23(27)25-18-7-4-3-5-8-18)24(22-9-6-14-30-22)19(17)16-21(20)29-2/h6,9,14-16,18,24H,3-5,7-8,10-13H2,1-2H3,(H,25,27)/t24-/m0/s1. The van der Waals surface area contributed by atoms with Gasteiger partial charge in [0.25, 0.3) is 0 Å². The highest BCUT2D eigenvalue weighted by atomic mass is 32.1. The van der Waals surface area contributed by atoms with Crippen molar-refractivity contribution >= 4 is 17.2 Å². The lowest BCUT2D eigenvalue weighted by Crippen LogP contribution is -2.41. The number of nitrogens with one attached hydrogen (secondary N) is 1. The molecule has 1 aromatic heterocycles. The quantitative estimate of drug-likeness (QED) is 0.703. The molecule has 1 aliphatic carbocycles. The number of benzene rings is 1. The third kappa shape index (κ3) is 4.65. The monoisotopic (exact) mass is 428 g/mol. The van der Waals surface area contributed by atoms with Crippen LogP contribution < -0.4 is 14.8 Å². The van der Waals surface area contributed by atoms with Crippen molar-refractivity contribution in [3.63, 3.8) is 0 Å². The summed E-state index contributed by atoms with van der Waals surface area (Å²) >= 11 is 1.77. The molecule has 1 N–H and O–H groups in total. The van der Waals surface area contributed by atoms with Crippen LogP contribution >= 0.6 is 11.3 Å². The van der Waals surface area contributed by atoms with Crippen LogP contribution in [0.4, 0.5) is 0 Å². The Morgan fingerprint density at radius 2 is 1.93 bits per heavy atom. The lowest BCUT2D eigenvalue weighted by molar-refractivity contribution is -0.122. The fourth-order valence-electron chi connectivity index (χ4n) is 4.81. The maximum atomic E-state index is 12.6. The van der Waals surface area contributed by atoms with Gasteiger partial charge in [0.15, 0.2) is 11.5 Å². The van der Waals surface area contributed by atoms with Crippen molar-refractivity contribution in [3.05, 3.63) is 45.6 Å². The molecule has 30 heavy (non-hydrogen) atoms. The summed E-state index contributed by atoms with van der Waals surface area (Å²) in [6.07, 6.45) is 7.52. The molecular weight excluding hydrogens is 396 g/mol. The summed E-state index contributed by atoms with van der Waals surface area (Å²) in [7, 11) is 3.36. The largest absolute Gasteiger partial charge is 0.493 e. The van der Waals surface area contributed by atoms with Gasteiger partial charge in [-0.25, -0.2) is 0 Å². The molecule has 1 aliphatic heterocycles. The molecule has 1 aromatic carbocycles. The van der Waals surface area contributed by atoms with Crippen molar-refractivity contribution in [2.45, 2.75) is 57.0 Å². The number of amides is 1. The van der Waals surface area contributed by atoms with E-state index < -0.39 is 0 Å². The first-order valence-electron chi connectivity index (χ1n) is 11.0. The number of fused-ring (bicyclic) bond motifs is 1. The third-order valence-corrected chi connectivity index (χ3v) is 7.31. The summed E-state index contributed by atoms with van der Waals surface area (Å²) < 4.78 is 11.1.